The minimum Gasteiger partial charge on any atom is -0.507 e. The summed E-state index contributed by atoms with van der Waals surface area (Å²) in [5, 5.41) is 22.4. The molecule has 4 aliphatic heterocycles. The number of hydrogen-bond donors (Lipinski definition) is 3. The van der Waals surface area contributed by atoms with Gasteiger partial charge >= 0.3 is 6.03 Å². The van der Waals surface area contributed by atoms with Gasteiger partial charge in [0.25, 0.3) is 5.91 Å². The summed E-state index contributed by atoms with van der Waals surface area (Å²) in [4.78, 5) is 46.7. The predicted octanol–water partition coefficient (Wildman–Crippen LogP) is 6.71. The van der Waals surface area contributed by atoms with E-state index >= 15 is 0 Å². The Hall–Kier alpha value is -5.95. The Morgan fingerprint density at radius 1 is 0.847 bits per heavy atom. The highest BCUT2D eigenvalue weighted by Crippen LogP contribution is 2.38. The zero-order valence-corrected chi connectivity index (χ0v) is 33.7. The maximum atomic E-state index is 13.7. The number of nitrogens with zero attached hydrogens (tertiary/aromatic N) is 7. The van der Waals surface area contributed by atoms with Gasteiger partial charge in [-0.15, -0.1) is 10.2 Å². The van der Waals surface area contributed by atoms with E-state index in [1.165, 1.54) is 11.3 Å². The third-order valence-corrected chi connectivity index (χ3v) is 13.1. The van der Waals surface area contributed by atoms with Crippen LogP contribution in [0.4, 0.5) is 22.0 Å². The van der Waals surface area contributed by atoms with Crippen molar-refractivity contribution in [2.45, 2.75) is 63.8 Å². The number of aromatic hydroxyl groups is 1. The van der Waals surface area contributed by atoms with Crippen LogP contribution in [0.15, 0.2) is 78.9 Å². The lowest BCUT2D eigenvalue weighted by Crippen LogP contribution is -2.49. The first-order valence-corrected chi connectivity index (χ1v) is 21.2. The number of carbonyl (C=O) groups is 3. The zero-order chi connectivity index (χ0) is 40.6. The van der Waals surface area contributed by atoms with Gasteiger partial charge in [0, 0.05) is 92.9 Å². The largest absolute Gasteiger partial charge is 0.507 e. The number of aromatic nitrogens is 3. The summed E-state index contributed by atoms with van der Waals surface area (Å²) in [7, 11) is 0. The van der Waals surface area contributed by atoms with E-state index < -0.39 is 0 Å². The Bertz CT molecular complexity index is 2360. The predicted molar refractivity (Wildman–Crippen MR) is 230 cm³/mol. The normalized spacial score (nSPS) is 20.0. The molecular formula is C46H53N9O4. The van der Waals surface area contributed by atoms with Gasteiger partial charge in [-0.1, -0.05) is 30.3 Å². The number of benzene rings is 3. The van der Waals surface area contributed by atoms with E-state index in [1.807, 2.05) is 47.4 Å². The highest BCUT2D eigenvalue weighted by atomic mass is 16.3. The number of fused-ring (bicyclic) bond motifs is 1. The molecule has 4 N–H and O–H groups in total. The minimum atomic E-state index is -0.352. The molecule has 13 nitrogen and oxygen atoms in total. The number of urea groups is 1. The van der Waals surface area contributed by atoms with Crippen LogP contribution in [0.2, 0.25) is 0 Å². The number of para-hydroxylation sites is 1. The topological polar surface area (TPSA) is 153 Å². The van der Waals surface area contributed by atoms with Gasteiger partial charge in [-0.25, -0.2) is 4.79 Å². The van der Waals surface area contributed by atoms with Gasteiger partial charge in [0.15, 0.2) is 5.82 Å². The number of hydrogen-bond acceptors (Lipinski definition) is 9. The standard InChI is InChI=1S/C46H53N9O4/c1-30-26-37-39(54-25-19-43(57)48-46(54)59)8-4-9-40(37)55(30)35-17-21-51(22-18-35)28-31-15-23-52(24-16-31)45(58)33-13-11-32(12-14-33)34-6-5-20-53(29-34)41-27-38(49-50-44(41)47)36-7-2-3-10-42(36)56/h2-4,7-14,26-27,31,34-35,56H,5-6,15-25,28-29H2,1H3,(H2,47,50)(H,48,57,59)/t34-/m1/s1. The van der Waals surface area contributed by atoms with Gasteiger partial charge in [-0.05, 0) is 105 Å². The van der Waals surface area contributed by atoms with Gasteiger partial charge < -0.3 is 30.1 Å². The van der Waals surface area contributed by atoms with E-state index in [4.69, 9.17) is 5.73 Å². The van der Waals surface area contributed by atoms with Gasteiger partial charge in [0.1, 0.15) is 5.75 Å². The van der Waals surface area contributed by atoms with E-state index in [1.54, 1.807) is 17.0 Å². The number of aryl methyl sites for hydroxylation is 1. The number of phenolic OH excluding ortho intramolecular Hbond substituents is 1. The Morgan fingerprint density at radius 2 is 1.63 bits per heavy atom. The third-order valence-electron chi connectivity index (χ3n) is 13.1. The molecule has 9 rings (SSSR count). The lowest BCUT2D eigenvalue weighted by molar-refractivity contribution is -0.120. The number of rotatable bonds is 8. The highest BCUT2D eigenvalue weighted by Gasteiger charge is 2.31. The number of nitrogens with one attached hydrogen (secondary N) is 1. The summed E-state index contributed by atoms with van der Waals surface area (Å²) in [5.74, 6) is 1.28. The number of imide groups is 1. The van der Waals surface area contributed by atoms with Crippen LogP contribution < -0.4 is 20.9 Å². The van der Waals surface area contributed by atoms with Crippen LogP contribution in [0, 0.1) is 12.8 Å². The van der Waals surface area contributed by atoms with Crippen molar-refractivity contribution in [2.24, 2.45) is 5.92 Å². The van der Waals surface area contributed by atoms with Crippen molar-refractivity contribution >= 4 is 45.9 Å². The molecule has 5 aromatic rings. The maximum Gasteiger partial charge on any atom is 0.328 e. The van der Waals surface area contributed by atoms with Crippen molar-refractivity contribution < 1.29 is 19.5 Å². The van der Waals surface area contributed by atoms with Gasteiger partial charge in [-0.2, -0.15) is 0 Å². The molecule has 4 fully saturated rings. The molecule has 0 saturated carbocycles. The van der Waals surface area contributed by atoms with Crippen LogP contribution in [0.3, 0.4) is 0 Å². The molecule has 306 valence electrons. The first-order chi connectivity index (χ1) is 28.7. The molecule has 0 unspecified atom stereocenters. The molecule has 4 saturated heterocycles. The number of nitrogen functional groups attached to an aromatic ring is 1. The van der Waals surface area contributed by atoms with Crippen molar-refractivity contribution in [3.05, 3.63) is 95.7 Å². The summed E-state index contributed by atoms with van der Waals surface area (Å²) in [6, 6.07) is 25.6. The second-order valence-corrected chi connectivity index (χ2v) is 16.8. The van der Waals surface area contributed by atoms with E-state index in [-0.39, 0.29) is 29.5 Å². The van der Waals surface area contributed by atoms with Crippen LogP contribution in [0.1, 0.15) is 78.5 Å². The van der Waals surface area contributed by atoms with Crippen LogP contribution in [0.25, 0.3) is 22.2 Å². The molecule has 2 aromatic heterocycles. The first-order valence-electron chi connectivity index (χ1n) is 21.2. The Kier molecular flexibility index (Phi) is 10.7. The molecule has 6 heterocycles. The molecule has 0 radical (unpaired) electrons. The van der Waals surface area contributed by atoms with Gasteiger partial charge in [0.05, 0.1) is 22.6 Å². The quantitative estimate of drug-likeness (QED) is 0.156. The fraction of sp³-hybridized carbons (Fsp3) is 0.413. The smallest absolute Gasteiger partial charge is 0.328 e. The van der Waals surface area contributed by atoms with Crippen molar-refractivity contribution in [1.82, 2.24) is 29.9 Å². The van der Waals surface area contributed by atoms with Gasteiger partial charge in [0.2, 0.25) is 5.91 Å². The Morgan fingerprint density at radius 3 is 2.39 bits per heavy atom. The second-order valence-electron chi connectivity index (χ2n) is 16.8. The number of nitrogens with two attached hydrogens (primary N) is 1. The summed E-state index contributed by atoms with van der Waals surface area (Å²) in [5.41, 5.74) is 13.5. The molecule has 4 amide bonds. The third kappa shape index (κ3) is 7.83. The molecule has 0 aliphatic carbocycles. The number of carbonyl (C=O) groups excluding carboxylic acids is 3. The number of amides is 4. The molecule has 0 bridgehead atoms. The monoisotopic (exact) mass is 795 g/mol. The SMILES string of the molecule is Cc1cc2c(N3CCC(=O)NC3=O)cccc2n1C1CCN(CC2CCN(C(=O)c3ccc([C@@H]4CCCN(c5cc(-c6ccccc6O)nnc5N)C4)cc3)CC2)CC1. The number of phenols is 1. The van der Waals surface area contributed by atoms with Crippen LogP contribution >= 0.6 is 0 Å². The van der Waals surface area contributed by atoms with Crippen LogP contribution in [-0.4, -0.2) is 99.9 Å². The molecule has 59 heavy (non-hydrogen) atoms. The number of likely N-dealkylation sites (tertiary alicyclic amines) is 2. The Balaban J connectivity index is 0.763. The molecule has 13 heteroatoms. The van der Waals surface area contributed by atoms with Crippen molar-refractivity contribution in [1.29, 1.82) is 0 Å². The second kappa shape index (κ2) is 16.4. The zero-order valence-electron chi connectivity index (χ0n) is 33.7. The van der Waals surface area contributed by atoms with Crippen LogP contribution in [0.5, 0.6) is 5.75 Å². The summed E-state index contributed by atoms with van der Waals surface area (Å²) in [6.45, 7) is 8.89. The van der Waals surface area contributed by atoms with Crippen LogP contribution in [-0.2, 0) is 4.79 Å². The first kappa shape index (κ1) is 38.6. The highest BCUT2D eigenvalue weighted by molar-refractivity contribution is 6.09. The number of piperidine rings is 3. The summed E-state index contributed by atoms with van der Waals surface area (Å²) < 4.78 is 2.45. The van der Waals surface area contributed by atoms with Crippen molar-refractivity contribution in [3.63, 3.8) is 0 Å². The summed E-state index contributed by atoms with van der Waals surface area (Å²) in [6.07, 6.45) is 6.52. The average Bonchev–Trinajstić information content (AvgIpc) is 3.60. The molecule has 1 atom stereocenters. The lowest BCUT2D eigenvalue weighted by atomic mass is 9.89. The van der Waals surface area contributed by atoms with Crippen molar-refractivity contribution in [2.75, 3.05) is 67.9 Å². The lowest BCUT2D eigenvalue weighted by Gasteiger charge is -2.38. The molecule has 0 spiro atoms. The van der Waals surface area contributed by atoms with E-state index in [0.29, 0.717) is 42.0 Å². The molecule has 4 aliphatic rings. The summed E-state index contributed by atoms with van der Waals surface area (Å²) >= 11 is 0. The van der Waals surface area contributed by atoms with E-state index in [9.17, 15) is 19.5 Å². The average molecular weight is 796 g/mol. The fourth-order valence-corrected chi connectivity index (χ4v) is 9.94. The van der Waals surface area contributed by atoms with E-state index in [0.717, 1.165) is 112 Å². The van der Waals surface area contributed by atoms with Gasteiger partial charge in [-0.3, -0.25) is 19.8 Å². The van der Waals surface area contributed by atoms with E-state index in [2.05, 4.69) is 61.1 Å². The van der Waals surface area contributed by atoms with Crippen molar-refractivity contribution in [3.8, 4) is 17.0 Å². The minimum absolute atomic E-state index is 0.111. The fourth-order valence-electron chi connectivity index (χ4n) is 9.94. The molecule has 3 aromatic carbocycles. The maximum absolute atomic E-state index is 13.7. The molecular weight excluding hydrogens is 743 g/mol. The Labute approximate surface area is 344 Å². The number of anilines is 3.